The first-order chi connectivity index (χ1) is 10.3. The molecule has 2 heterocycles. The number of hydrogen-bond donors (Lipinski definition) is 2. The van der Waals surface area contributed by atoms with E-state index in [2.05, 4.69) is 22.7 Å². The third-order valence-corrected chi connectivity index (χ3v) is 3.03. The summed E-state index contributed by atoms with van der Waals surface area (Å²) in [5, 5.41) is 23.2. The molecular weight excluding hydrogens is 428 g/mol. The van der Waals surface area contributed by atoms with Crippen molar-refractivity contribution in [3.05, 3.63) is 47.9 Å². The van der Waals surface area contributed by atoms with E-state index in [1.165, 1.54) is 12.4 Å². The molecule has 0 aromatic rings. The van der Waals surface area contributed by atoms with Crippen LogP contribution in [0, 0.1) is 0 Å². The van der Waals surface area contributed by atoms with Crippen LogP contribution in [0.15, 0.2) is 58.2 Å². The van der Waals surface area contributed by atoms with Gasteiger partial charge in [-0.15, -0.1) is 0 Å². The Labute approximate surface area is 156 Å². The highest BCUT2D eigenvalue weighted by molar-refractivity contribution is 5.80. The molecule has 2 aliphatic rings. The van der Waals surface area contributed by atoms with Crippen LogP contribution in [-0.2, 0) is 0 Å². The molecule has 0 aromatic heterocycles. The van der Waals surface area contributed by atoms with Crippen LogP contribution in [0.2, 0.25) is 0 Å². The van der Waals surface area contributed by atoms with Gasteiger partial charge in [-0.2, -0.15) is 0 Å². The van der Waals surface area contributed by atoms with Gasteiger partial charge in [-0.1, -0.05) is 10.3 Å². The molecule has 6 nitrogen and oxygen atoms in total. The highest BCUT2D eigenvalue weighted by atomic mass is 79.9. The van der Waals surface area contributed by atoms with E-state index in [9.17, 15) is 0 Å². The molecule has 0 fully saturated rings. The fourth-order valence-corrected chi connectivity index (χ4v) is 2.07. The summed E-state index contributed by atoms with van der Waals surface area (Å²) in [5.41, 5.74) is 1.89. The lowest BCUT2D eigenvalue weighted by Gasteiger charge is -2.03. The van der Waals surface area contributed by atoms with Gasteiger partial charge in [-0.05, 0) is 12.2 Å². The molecule has 0 aromatic carbocycles. The molecule has 0 amide bonds. The molecule has 0 unspecified atom stereocenters. The molecular formula is C15H18Br2N4O2. The maximum Gasteiger partial charge on any atom is 0.175 e. The summed E-state index contributed by atoms with van der Waals surface area (Å²) in [4.78, 5) is 0. The molecule has 0 saturated carbocycles. The Bertz CT molecular complexity index is 575. The fourth-order valence-electron chi connectivity index (χ4n) is 2.07. The Balaban J connectivity index is 0.00000242. The van der Waals surface area contributed by atoms with E-state index in [0.29, 0.717) is 13.1 Å². The molecule has 2 N–H and O–H groups in total. The Kier molecular flexibility index (Phi) is 10.8. The molecule has 23 heavy (non-hydrogen) atoms. The molecule has 124 valence electrons. The van der Waals surface area contributed by atoms with Crippen LogP contribution < -0.4 is 34.0 Å². The van der Waals surface area contributed by atoms with Gasteiger partial charge in [-0.25, -0.2) is 9.15 Å². The van der Waals surface area contributed by atoms with E-state index in [-0.39, 0.29) is 34.0 Å². The van der Waals surface area contributed by atoms with Gasteiger partial charge in [0.25, 0.3) is 0 Å². The van der Waals surface area contributed by atoms with E-state index < -0.39 is 0 Å². The Morgan fingerprint density at radius 1 is 0.870 bits per heavy atom. The van der Waals surface area contributed by atoms with Crippen molar-refractivity contribution in [2.45, 2.75) is 6.42 Å². The predicted molar refractivity (Wildman–Crippen MR) is 82.0 cm³/mol. The Morgan fingerprint density at radius 2 is 1.30 bits per heavy atom. The standard InChI is InChI=1S/C15H16N4O2.2BrH/c20-16-10-14-4-1-6-18(12-14)8-3-9-19-7-2-5-15(13-19)11-17-21;;/h1-2,4-11H,3,12-13H2;2*1H. The second kappa shape index (κ2) is 11.7. The number of nitrogens with zero attached hydrogens (tertiary/aromatic N) is 4. The minimum atomic E-state index is 0. The lowest BCUT2D eigenvalue weighted by molar-refractivity contribution is -0.448. The van der Waals surface area contributed by atoms with E-state index in [4.69, 9.17) is 10.4 Å². The molecule has 0 radical (unpaired) electrons. The van der Waals surface area contributed by atoms with Crippen molar-refractivity contribution in [2.24, 2.45) is 10.3 Å². The van der Waals surface area contributed by atoms with Gasteiger partial charge in [0.05, 0.1) is 12.4 Å². The van der Waals surface area contributed by atoms with E-state index in [0.717, 1.165) is 17.6 Å². The average Bonchev–Trinajstić information content (AvgIpc) is 2.49. The highest BCUT2D eigenvalue weighted by Crippen LogP contribution is 2.01. The lowest BCUT2D eigenvalue weighted by atomic mass is 10.2. The Morgan fingerprint density at radius 3 is 1.70 bits per heavy atom. The molecule has 8 heteroatoms. The van der Waals surface area contributed by atoms with Gasteiger partial charge in [0.2, 0.25) is 0 Å². The summed E-state index contributed by atoms with van der Waals surface area (Å²) in [7, 11) is 0. The van der Waals surface area contributed by atoms with E-state index in [1.54, 1.807) is 0 Å². The van der Waals surface area contributed by atoms with Crippen molar-refractivity contribution in [1.29, 1.82) is 0 Å². The molecule has 0 aliphatic carbocycles. The van der Waals surface area contributed by atoms with Crippen molar-refractivity contribution >= 4 is 24.9 Å². The topological polar surface area (TPSA) is 71.2 Å². The average molecular weight is 446 g/mol. The van der Waals surface area contributed by atoms with Crippen LogP contribution in [0.5, 0.6) is 0 Å². The number of hydrogen-bond acceptors (Lipinski definition) is 4. The van der Waals surface area contributed by atoms with Crippen LogP contribution in [-0.4, -0.2) is 57.5 Å². The zero-order valence-electron chi connectivity index (χ0n) is 12.3. The summed E-state index contributed by atoms with van der Waals surface area (Å²) in [6, 6.07) is 0. The van der Waals surface area contributed by atoms with Crippen molar-refractivity contribution in [2.75, 3.05) is 13.1 Å². The second-order valence-corrected chi connectivity index (χ2v) is 4.60. The maximum absolute atomic E-state index is 8.54. The first-order valence-electron chi connectivity index (χ1n) is 6.59. The van der Waals surface area contributed by atoms with Gasteiger partial charge >= 0.3 is 0 Å². The fraction of sp³-hybridized carbons (Fsp3) is 0.200. The van der Waals surface area contributed by atoms with Crippen LogP contribution in [0.4, 0.5) is 0 Å². The molecule has 2 aliphatic heterocycles. The minimum absolute atomic E-state index is 0. The van der Waals surface area contributed by atoms with Crippen molar-refractivity contribution in [1.82, 2.24) is 0 Å². The number of rotatable bonds is 4. The molecule has 2 rings (SSSR count). The third kappa shape index (κ3) is 7.34. The smallest absolute Gasteiger partial charge is 0.175 e. The monoisotopic (exact) mass is 444 g/mol. The zero-order valence-corrected chi connectivity index (χ0v) is 15.5. The van der Waals surface area contributed by atoms with Gasteiger partial charge in [0.1, 0.15) is 6.42 Å². The quantitative estimate of drug-likeness (QED) is 0.198. The maximum atomic E-state index is 8.54. The van der Waals surface area contributed by atoms with Crippen LogP contribution in [0.25, 0.3) is 0 Å². The van der Waals surface area contributed by atoms with Crippen LogP contribution in [0.3, 0.4) is 0 Å². The summed E-state index contributed by atoms with van der Waals surface area (Å²) >= 11 is 0. The van der Waals surface area contributed by atoms with Crippen LogP contribution in [0.1, 0.15) is 6.42 Å². The molecule has 0 saturated heterocycles. The molecule has 0 bridgehead atoms. The summed E-state index contributed by atoms with van der Waals surface area (Å²) in [6.07, 6.45) is 19.3. The molecule has 0 atom stereocenters. The molecule has 0 spiro atoms. The first kappa shape index (κ1) is 21.2. The predicted octanol–water partition coefficient (Wildman–Crippen LogP) is -4.62. The van der Waals surface area contributed by atoms with Gasteiger partial charge < -0.3 is 44.4 Å². The van der Waals surface area contributed by atoms with Crippen molar-refractivity contribution < 1.29 is 53.5 Å². The SMILES string of the molecule is ON=CC1=CC=C[N+](=CCC=[N+]2C=CC=C(C=NO)C2)C1.[Br-].[Br-]. The largest absolute Gasteiger partial charge is 1.00 e. The Hall–Kier alpha value is -1.80. The summed E-state index contributed by atoms with van der Waals surface area (Å²) in [6.45, 7) is 1.37. The highest BCUT2D eigenvalue weighted by Gasteiger charge is 2.10. The van der Waals surface area contributed by atoms with Crippen molar-refractivity contribution in [3.8, 4) is 0 Å². The zero-order chi connectivity index (χ0) is 14.9. The number of allylic oxidation sites excluding steroid dienone is 4. The van der Waals surface area contributed by atoms with Gasteiger partial charge in [-0.3, -0.25) is 0 Å². The summed E-state index contributed by atoms with van der Waals surface area (Å²) in [5.74, 6) is 0. The van der Waals surface area contributed by atoms with Gasteiger partial charge in [0.15, 0.2) is 37.9 Å². The minimum Gasteiger partial charge on any atom is -1.00 e. The third-order valence-electron chi connectivity index (χ3n) is 3.03. The normalized spacial score (nSPS) is 20.5. The van der Waals surface area contributed by atoms with Gasteiger partial charge in [0, 0.05) is 23.3 Å². The number of oxime groups is 2. The first-order valence-corrected chi connectivity index (χ1v) is 6.59. The van der Waals surface area contributed by atoms with Crippen LogP contribution >= 0.6 is 0 Å². The lowest BCUT2D eigenvalue weighted by Crippen LogP contribution is -3.00. The second-order valence-electron chi connectivity index (χ2n) is 4.60. The van der Waals surface area contributed by atoms with Crippen molar-refractivity contribution in [3.63, 3.8) is 0 Å². The van der Waals surface area contributed by atoms with E-state index >= 15 is 0 Å². The van der Waals surface area contributed by atoms with E-state index in [1.807, 2.05) is 45.9 Å². The number of halogens is 2. The summed E-state index contributed by atoms with van der Waals surface area (Å²) < 4.78 is 4.07.